The zero-order chi connectivity index (χ0) is 20.8. The molecule has 2 N–H and O–H groups in total. The van der Waals surface area contributed by atoms with Crippen LogP contribution in [0.4, 0.5) is 11.4 Å². The van der Waals surface area contributed by atoms with Gasteiger partial charge in [0.1, 0.15) is 6.54 Å². The van der Waals surface area contributed by atoms with E-state index in [9.17, 15) is 5.11 Å². The van der Waals surface area contributed by atoms with Gasteiger partial charge >= 0.3 is 0 Å². The SMILES string of the molecule is COc1cccc(C=Nc2ccc(N3CC[NH+](Cc4ccccc4)CC3)cc2)c1O. The molecule has 5 nitrogen and oxygen atoms in total. The van der Waals surface area contributed by atoms with Crippen molar-refractivity contribution in [1.29, 1.82) is 0 Å². The van der Waals surface area contributed by atoms with Crippen molar-refractivity contribution in [1.82, 2.24) is 0 Å². The number of piperazine rings is 1. The predicted octanol–water partition coefficient (Wildman–Crippen LogP) is 3.06. The summed E-state index contributed by atoms with van der Waals surface area (Å²) in [6.45, 7) is 5.50. The maximum atomic E-state index is 10.2. The number of methoxy groups -OCH3 is 1. The summed E-state index contributed by atoms with van der Waals surface area (Å²) in [7, 11) is 1.54. The Morgan fingerprint density at radius 3 is 2.40 bits per heavy atom. The second-order valence-electron chi connectivity index (χ2n) is 7.57. The molecule has 3 aromatic carbocycles. The van der Waals surface area contributed by atoms with Crippen LogP contribution in [0.1, 0.15) is 11.1 Å². The Balaban J connectivity index is 1.34. The van der Waals surface area contributed by atoms with Crippen molar-refractivity contribution in [3.05, 3.63) is 83.9 Å². The van der Waals surface area contributed by atoms with E-state index in [0.717, 1.165) is 38.4 Å². The van der Waals surface area contributed by atoms with Crippen LogP contribution in [0.25, 0.3) is 0 Å². The summed E-state index contributed by atoms with van der Waals surface area (Å²) in [4.78, 5) is 8.57. The number of ether oxygens (including phenoxy) is 1. The maximum Gasteiger partial charge on any atom is 0.166 e. The third-order valence-corrected chi connectivity index (χ3v) is 5.59. The first-order chi connectivity index (χ1) is 14.7. The van der Waals surface area contributed by atoms with Gasteiger partial charge in [-0.25, -0.2) is 0 Å². The van der Waals surface area contributed by atoms with E-state index in [1.165, 1.54) is 18.4 Å². The van der Waals surface area contributed by atoms with Crippen molar-refractivity contribution in [2.24, 2.45) is 4.99 Å². The third kappa shape index (κ3) is 4.81. The van der Waals surface area contributed by atoms with Gasteiger partial charge in [-0.3, -0.25) is 4.99 Å². The molecule has 0 unspecified atom stereocenters. The lowest BCUT2D eigenvalue weighted by molar-refractivity contribution is -0.914. The largest absolute Gasteiger partial charge is 0.504 e. The van der Waals surface area contributed by atoms with Crippen LogP contribution in [0.5, 0.6) is 11.5 Å². The van der Waals surface area contributed by atoms with Crippen LogP contribution < -0.4 is 14.5 Å². The number of hydrogen-bond acceptors (Lipinski definition) is 4. The Kier molecular flexibility index (Phi) is 6.30. The van der Waals surface area contributed by atoms with Crippen LogP contribution in [0.3, 0.4) is 0 Å². The highest BCUT2D eigenvalue weighted by Gasteiger charge is 2.20. The molecule has 1 heterocycles. The Morgan fingerprint density at radius 2 is 1.70 bits per heavy atom. The average molecular weight is 403 g/mol. The van der Waals surface area contributed by atoms with E-state index in [1.807, 2.05) is 24.3 Å². The summed E-state index contributed by atoms with van der Waals surface area (Å²) in [6.07, 6.45) is 1.67. The van der Waals surface area contributed by atoms with Crippen molar-refractivity contribution >= 4 is 17.6 Å². The highest BCUT2D eigenvalue weighted by atomic mass is 16.5. The number of aliphatic imine (C=N–C) groups is 1. The standard InChI is InChI=1S/C25H27N3O2/c1-30-24-9-5-8-21(25(24)29)18-26-22-10-12-23(13-11-22)28-16-14-27(15-17-28)19-20-6-3-2-4-7-20/h2-13,18,29H,14-17,19H2,1H3/p+1. The second-order valence-corrected chi connectivity index (χ2v) is 7.57. The monoisotopic (exact) mass is 402 g/mol. The smallest absolute Gasteiger partial charge is 0.166 e. The van der Waals surface area contributed by atoms with E-state index in [1.54, 1.807) is 17.2 Å². The van der Waals surface area contributed by atoms with Gasteiger partial charge in [-0.15, -0.1) is 0 Å². The Labute approximate surface area is 177 Å². The number of anilines is 1. The second kappa shape index (κ2) is 9.46. The van der Waals surface area contributed by atoms with Crippen molar-refractivity contribution in [2.75, 3.05) is 38.2 Å². The molecular formula is C25H28N3O2+. The minimum Gasteiger partial charge on any atom is -0.504 e. The highest BCUT2D eigenvalue weighted by Crippen LogP contribution is 2.28. The summed E-state index contributed by atoms with van der Waals surface area (Å²) >= 11 is 0. The molecule has 0 amide bonds. The molecule has 0 radical (unpaired) electrons. The molecule has 3 aromatic rings. The van der Waals surface area contributed by atoms with E-state index in [0.29, 0.717) is 11.3 Å². The van der Waals surface area contributed by atoms with E-state index < -0.39 is 0 Å². The van der Waals surface area contributed by atoms with Crippen LogP contribution in [0.2, 0.25) is 0 Å². The topological polar surface area (TPSA) is 49.5 Å². The number of nitrogens with one attached hydrogen (secondary N) is 1. The fraction of sp³-hybridized carbons (Fsp3) is 0.240. The van der Waals surface area contributed by atoms with Crippen molar-refractivity contribution in [3.63, 3.8) is 0 Å². The molecule has 0 saturated carbocycles. The normalized spacial score (nSPS) is 14.9. The Hall–Kier alpha value is -3.31. The van der Waals surface area contributed by atoms with Gasteiger partial charge in [-0.2, -0.15) is 0 Å². The average Bonchev–Trinajstić information content (AvgIpc) is 2.80. The number of rotatable bonds is 6. The fourth-order valence-electron chi connectivity index (χ4n) is 3.84. The number of benzene rings is 3. The zero-order valence-corrected chi connectivity index (χ0v) is 17.3. The molecule has 0 atom stereocenters. The molecular weight excluding hydrogens is 374 g/mol. The van der Waals surface area contributed by atoms with Crippen LogP contribution in [-0.4, -0.2) is 44.6 Å². The van der Waals surface area contributed by atoms with Crippen LogP contribution >= 0.6 is 0 Å². The highest BCUT2D eigenvalue weighted by molar-refractivity contribution is 5.86. The third-order valence-electron chi connectivity index (χ3n) is 5.59. The molecule has 30 heavy (non-hydrogen) atoms. The summed E-state index contributed by atoms with van der Waals surface area (Å²) < 4.78 is 5.14. The first kappa shape index (κ1) is 20.0. The van der Waals surface area contributed by atoms with E-state index in [4.69, 9.17) is 4.74 Å². The number of quaternary nitrogens is 1. The van der Waals surface area contributed by atoms with Crippen molar-refractivity contribution < 1.29 is 14.7 Å². The number of nitrogens with zero attached hydrogens (tertiary/aromatic N) is 2. The lowest BCUT2D eigenvalue weighted by Crippen LogP contribution is -3.13. The molecule has 0 aliphatic carbocycles. The van der Waals surface area contributed by atoms with Gasteiger partial charge in [0.05, 0.1) is 39.0 Å². The van der Waals surface area contributed by atoms with E-state index in [-0.39, 0.29) is 5.75 Å². The van der Waals surface area contributed by atoms with Crippen LogP contribution in [0.15, 0.2) is 77.8 Å². The minimum absolute atomic E-state index is 0.108. The van der Waals surface area contributed by atoms with Crippen LogP contribution in [0, 0.1) is 0 Å². The van der Waals surface area contributed by atoms with Gasteiger partial charge in [-0.1, -0.05) is 36.4 Å². The molecule has 4 rings (SSSR count). The lowest BCUT2D eigenvalue weighted by Gasteiger charge is -2.33. The van der Waals surface area contributed by atoms with Gasteiger partial charge in [0.25, 0.3) is 0 Å². The van der Waals surface area contributed by atoms with E-state index >= 15 is 0 Å². The number of phenolic OH excluding ortho intramolecular Hbond substituents is 1. The van der Waals surface area contributed by atoms with Crippen molar-refractivity contribution in [2.45, 2.75) is 6.54 Å². The van der Waals surface area contributed by atoms with Gasteiger partial charge in [0.2, 0.25) is 0 Å². The molecule has 154 valence electrons. The molecule has 0 bridgehead atoms. The number of aromatic hydroxyl groups is 1. The van der Waals surface area contributed by atoms with Crippen molar-refractivity contribution in [3.8, 4) is 11.5 Å². The first-order valence-corrected chi connectivity index (χ1v) is 10.4. The number of para-hydroxylation sites is 1. The minimum atomic E-state index is 0.108. The van der Waals surface area contributed by atoms with Gasteiger partial charge in [0, 0.05) is 23.0 Å². The Morgan fingerprint density at radius 1 is 0.967 bits per heavy atom. The van der Waals surface area contributed by atoms with Gasteiger partial charge in [-0.05, 0) is 36.4 Å². The summed E-state index contributed by atoms with van der Waals surface area (Å²) in [6, 6.07) is 24.4. The molecule has 5 heteroatoms. The quantitative estimate of drug-likeness (QED) is 0.623. The van der Waals surface area contributed by atoms with Crippen LogP contribution in [-0.2, 0) is 6.54 Å². The predicted molar refractivity (Wildman–Crippen MR) is 121 cm³/mol. The fourth-order valence-corrected chi connectivity index (χ4v) is 3.84. The molecule has 1 fully saturated rings. The summed E-state index contributed by atoms with van der Waals surface area (Å²) in [5.41, 5.74) is 4.13. The molecule has 0 aromatic heterocycles. The molecule has 1 saturated heterocycles. The van der Waals surface area contributed by atoms with Gasteiger partial charge in [0.15, 0.2) is 11.5 Å². The Bertz CT molecular complexity index is 979. The molecule has 0 spiro atoms. The zero-order valence-electron chi connectivity index (χ0n) is 17.3. The lowest BCUT2D eigenvalue weighted by atomic mass is 10.2. The summed E-state index contributed by atoms with van der Waals surface area (Å²) in [5.74, 6) is 0.555. The number of phenols is 1. The first-order valence-electron chi connectivity index (χ1n) is 10.4. The maximum absolute atomic E-state index is 10.2. The molecule has 1 aliphatic heterocycles. The van der Waals surface area contributed by atoms with Gasteiger partial charge < -0.3 is 19.6 Å². The molecule has 1 aliphatic rings. The summed E-state index contributed by atoms with van der Waals surface area (Å²) in [5, 5.41) is 10.2. The number of hydrogen-bond donors (Lipinski definition) is 2. The van der Waals surface area contributed by atoms with E-state index in [2.05, 4.69) is 52.4 Å².